The highest BCUT2D eigenvalue weighted by Crippen LogP contribution is 2.24. The minimum absolute atomic E-state index is 0.0439. The fourth-order valence-corrected chi connectivity index (χ4v) is 7.36. The number of carbonyl (C=O) groups is 1. The predicted molar refractivity (Wildman–Crippen MR) is 155 cm³/mol. The Kier molecular flexibility index (Phi) is 9.09. The first-order chi connectivity index (χ1) is 18.5. The van der Waals surface area contributed by atoms with Crippen molar-refractivity contribution >= 4 is 37.3 Å². The lowest BCUT2D eigenvalue weighted by Gasteiger charge is -2.31. The van der Waals surface area contributed by atoms with Crippen molar-refractivity contribution in [3.8, 4) is 0 Å². The van der Waals surface area contributed by atoms with Gasteiger partial charge < -0.3 is 5.32 Å². The van der Waals surface area contributed by atoms with E-state index < -0.39 is 26.0 Å². The highest BCUT2D eigenvalue weighted by Gasteiger charge is 2.32. The van der Waals surface area contributed by atoms with Crippen LogP contribution in [0.1, 0.15) is 36.0 Å². The summed E-state index contributed by atoms with van der Waals surface area (Å²) < 4.78 is 55.7. The molecule has 8 nitrogen and oxygen atoms in total. The molecule has 1 heterocycles. The summed E-state index contributed by atoms with van der Waals surface area (Å²) in [6.45, 7) is 4.28. The van der Waals surface area contributed by atoms with E-state index in [4.69, 9.17) is 0 Å². The SMILES string of the molecule is Cc1ccc(C)c(NS(=O)(=O)c2ccc(NC(=O)[C@H]3CCCN(S(=O)(=O)CCCc4ccccc4)C3)cc2)c1. The number of hydrogen-bond acceptors (Lipinski definition) is 5. The van der Waals surface area contributed by atoms with Gasteiger partial charge in [-0.25, -0.2) is 21.1 Å². The molecule has 2 N–H and O–H groups in total. The van der Waals surface area contributed by atoms with Crippen molar-refractivity contribution in [1.29, 1.82) is 0 Å². The molecule has 0 aromatic heterocycles. The maximum atomic E-state index is 13.0. The third kappa shape index (κ3) is 7.68. The molecule has 4 rings (SSSR count). The number of benzene rings is 3. The van der Waals surface area contributed by atoms with Crippen molar-refractivity contribution in [3.05, 3.63) is 89.5 Å². The highest BCUT2D eigenvalue weighted by atomic mass is 32.2. The molecule has 0 aliphatic carbocycles. The highest BCUT2D eigenvalue weighted by molar-refractivity contribution is 7.92. The maximum absolute atomic E-state index is 13.0. The van der Waals surface area contributed by atoms with Gasteiger partial charge in [0.1, 0.15) is 0 Å². The van der Waals surface area contributed by atoms with E-state index in [1.54, 1.807) is 6.07 Å². The summed E-state index contributed by atoms with van der Waals surface area (Å²) in [5, 5.41) is 2.82. The van der Waals surface area contributed by atoms with Crippen molar-refractivity contribution in [2.24, 2.45) is 5.92 Å². The summed E-state index contributed by atoms with van der Waals surface area (Å²) in [4.78, 5) is 13.0. The lowest BCUT2D eigenvalue weighted by atomic mass is 9.99. The van der Waals surface area contributed by atoms with E-state index >= 15 is 0 Å². The number of nitrogens with one attached hydrogen (secondary N) is 2. The lowest BCUT2D eigenvalue weighted by Crippen LogP contribution is -2.44. The van der Waals surface area contributed by atoms with Gasteiger partial charge in [-0.15, -0.1) is 0 Å². The Labute approximate surface area is 231 Å². The lowest BCUT2D eigenvalue weighted by molar-refractivity contribution is -0.120. The summed E-state index contributed by atoms with van der Waals surface area (Å²) in [6.07, 6.45) is 2.41. The van der Waals surface area contributed by atoms with Crippen LogP contribution in [0, 0.1) is 19.8 Å². The van der Waals surface area contributed by atoms with E-state index in [-0.39, 0.29) is 23.1 Å². The van der Waals surface area contributed by atoms with Crippen molar-refractivity contribution < 1.29 is 21.6 Å². The zero-order valence-electron chi connectivity index (χ0n) is 22.3. The van der Waals surface area contributed by atoms with E-state index in [1.165, 1.54) is 28.6 Å². The fourth-order valence-electron chi connectivity index (χ4n) is 4.65. The van der Waals surface area contributed by atoms with Gasteiger partial charge in [0.2, 0.25) is 15.9 Å². The summed E-state index contributed by atoms with van der Waals surface area (Å²) >= 11 is 0. The van der Waals surface area contributed by atoms with Gasteiger partial charge in [0.15, 0.2) is 0 Å². The summed E-state index contributed by atoms with van der Waals surface area (Å²) in [5.41, 5.74) is 3.83. The molecule has 1 aliphatic heterocycles. The van der Waals surface area contributed by atoms with Crippen LogP contribution >= 0.6 is 0 Å². The standard InChI is InChI=1S/C29H35N3O5S2/c1-22-12-13-23(2)28(20-22)31-39(36,37)27-16-14-26(15-17-27)30-29(33)25-11-6-18-32(21-25)38(34,35)19-7-10-24-8-4-3-5-9-24/h3-5,8-9,12-17,20,25,31H,6-7,10-11,18-19,21H2,1-2H3,(H,30,33)/t25-/m0/s1. The van der Waals surface area contributed by atoms with Crippen LogP contribution in [0.25, 0.3) is 0 Å². The van der Waals surface area contributed by atoms with Crippen LogP contribution in [0.15, 0.2) is 77.7 Å². The number of rotatable bonds is 10. The molecule has 0 radical (unpaired) electrons. The Hall–Kier alpha value is -3.21. The second kappa shape index (κ2) is 12.3. The van der Waals surface area contributed by atoms with Gasteiger partial charge in [-0.2, -0.15) is 0 Å². The number of nitrogens with zero attached hydrogens (tertiary/aromatic N) is 1. The summed E-state index contributed by atoms with van der Waals surface area (Å²) in [5.74, 6) is -0.706. The van der Waals surface area contributed by atoms with E-state index in [2.05, 4.69) is 10.0 Å². The molecule has 0 saturated carbocycles. The molecular formula is C29H35N3O5S2. The number of amides is 1. The Morgan fingerprint density at radius 2 is 1.67 bits per heavy atom. The van der Waals surface area contributed by atoms with Gasteiger partial charge in [0.25, 0.3) is 10.0 Å². The maximum Gasteiger partial charge on any atom is 0.261 e. The molecule has 3 aromatic carbocycles. The molecule has 1 saturated heterocycles. The van der Waals surface area contributed by atoms with E-state index in [0.29, 0.717) is 43.6 Å². The van der Waals surface area contributed by atoms with Gasteiger partial charge in [-0.3, -0.25) is 9.52 Å². The second-order valence-corrected chi connectivity index (χ2v) is 13.8. The van der Waals surface area contributed by atoms with Crippen molar-refractivity contribution in [1.82, 2.24) is 4.31 Å². The molecule has 1 aliphatic rings. The number of aryl methyl sites for hydroxylation is 3. The second-order valence-electron chi connectivity index (χ2n) is 10.0. The molecule has 1 fully saturated rings. The van der Waals surface area contributed by atoms with Crippen LogP contribution < -0.4 is 10.0 Å². The molecule has 0 spiro atoms. The summed E-state index contributed by atoms with van der Waals surface area (Å²) in [7, 11) is -7.27. The molecule has 1 atom stereocenters. The molecule has 1 amide bonds. The number of carbonyl (C=O) groups excluding carboxylic acids is 1. The third-order valence-corrected chi connectivity index (χ3v) is 10.2. The summed E-state index contributed by atoms with van der Waals surface area (Å²) in [6, 6.07) is 21.3. The molecule has 10 heteroatoms. The van der Waals surface area contributed by atoms with Gasteiger partial charge in [-0.1, -0.05) is 42.5 Å². The monoisotopic (exact) mass is 569 g/mol. The smallest absolute Gasteiger partial charge is 0.261 e. The first kappa shape index (κ1) is 28.8. The minimum Gasteiger partial charge on any atom is -0.326 e. The topological polar surface area (TPSA) is 113 Å². The fraction of sp³-hybridized carbons (Fsp3) is 0.345. The van der Waals surface area contributed by atoms with Crippen molar-refractivity contribution in [2.45, 2.75) is 44.4 Å². The first-order valence-electron chi connectivity index (χ1n) is 13.1. The van der Waals surface area contributed by atoms with E-state index in [0.717, 1.165) is 16.7 Å². The van der Waals surface area contributed by atoms with Crippen molar-refractivity contribution in [3.63, 3.8) is 0 Å². The van der Waals surface area contributed by atoms with Crippen LogP contribution in [0.3, 0.4) is 0 Å². The van der Waals surface area contributed by atoms with Crippen LogP contribution in [-0.4, -0.2) is 45.9 Å². The molecule has 208 valence electrons. The Morgan fingerprint density at radius 3 is 2.38 bits per heavy atom. The first-order valence-corrected chi connectivity index (χ1v) is 16.2. The van der Waals surface area contributed by atoms with Gasteiger partial charge in [-0.05, 0) is 86.6 Å². The Balaban J connectivity index is 1.33. The molecule has 39 heavy (non-hydrogen) atoms. The zero-order valence-corrected chi connectivity index (χ0v) is 23.9. The predicted octanol–water partition coefficient (Wildman–Crippen LogP) is 4.72. The Bertz CT molecular complexity index is 1510. The van der Waals surface area contributed by atoms with Crippen LogP contribution in [0.2, 0.25) is 0 Å². The molecular weight excluding hydrogens is 534 g/mol. The number of anilines is 2. The van der Waals surface area contributed by atoms with Gasteiger partial charge in [0.05, 0.1) is 22.3 Å². The quantitative estimate of drug-likeness (QED) is 0.367. The molecule has 3 aromatic rings. The third-order valence-electron chi connectivity index (χ3n) is 6.93. The zero-order chi connectivity index (χ0) is 28.0. The van der Waals surface area contributed by atoms with E-state index in [9.17, 15) is 21.6 Å². The minimum atomic E-state index is -3.80. The van der Waals surface area contributed by atoms with Crippen molar-refractivity contribution in [2.75, 3.05) is 28.9 Å². The Morgan fingerprint density at radius 1 is 0.949 bits per heavy atom. The average molecular weight is 570 g/mol. The average Bonchev–Trinajstić information content (AvgIpc) is 2.91. The molecule has 0 unspecified atom stereocenters. The number of piperidine rings is 1. The number of sulfonamides is 2. The van der Waals surface area contributed by atoms with Crippen LogP contribution in [0.5, 0.6) is 0 Å². The van der Waals surface area contributed by atoms with Crippen LogP contribution in [-0.2, 0) is 31.3 Å². The number of hydrogen-bond donors (Lipinski definition) is 2. The largest absolute Gasteiger partial charge is 0.326 e. The van der Waals surface area contributed by atoms with Gasteiger partial charge >= 0.3 is 0 Å². The van der Waals surface area contributed by atoms with E-state index in [1.807, 2.05) is 56.3 Å². The molecule has 0 bridgehead atoms. The van der Waals surface area contributed by atoms with Gasteiger partial charge in [0, 0.05) is 18.8 Å². The van der Waals surface area contributed by atoms with Crippen LogP contribution in [0.4, 0.5) is 11.4 Å². The normalized spacial score (nSPS) is 16.5.